The topological polar surface area (TPSA) is 97.0 Å². The number of aromatic amines is 1. The lowest BCUT2D eigenvalue weighted by Gasteiger charge is -2.16. The number of imidazole rings is 1. The highest BCUT2D eigenvalue weighted by atomic mass is 16.5. The Kier molecular flexibility index (Phi) is 5.98. The second-order valence-corrected chi connectivity index (χ2v) is 7.65. The van der Waals surface area contributed by atoms with Crippen LogP contribution >= 0.6 is 0 Å². The van der Waals surface area contributed by atoms with Gasteiger partial charge in [-0.2, -0.15) is 0 Å². The van der Waals surface area contributed by atoms with Gasteiger partial charge >= 0.3 is 5.97 Å². The van der Waals surface area contributed by atoms with Gasteiger partial charge in [0.1, 0.15) is 5.82 Å². The Labute approximate surface area is 185 Å². The third kappa shape index (κ3) is 4.51. The van der Waals surface area contributed by atoms with E-state index < -0.39 is 12.1 Å². The number of ether oxygens (including phenoxy) is 1. The zero-order valence-corrected chi connectivity index (χ0v) is 18.2. The van der Waals surface area contributed by atoms with Gasteiger partial charge in [0.2, 0.25) is 0 Å². The molecule has 1 atom stereocenters. The minimum atomic E-state index is -0.896. The van der Waals surface area contributed by atoms with E-state index in [4.69, 9.17) is 4.74 Å². The number of hydrogen-bond donors (Lipinski definition) is 2. The zero-order valence-electron chi connectivity index (χ0n) is 18.2. The number of amides is 1. The Morgan fingerprint density at radius 3 is 2.66 bits per heavy atom. The minimum absolute atomic E-state index is 0.344. The van der Waals surface area contributed by atoms with Crippen LogP contribution in [0.25, 0.3) is 22.4 Å². The van der Waals surface area contributed by atoms with Crippen molar-refractivity contribution >= 4 is 28.6 Å². The summed E-state index contributed by atoms with van der Waals surface area (Å²) < 4.78 is 5.52. The van der Waals surface area contributed by atoms with E-state index in [1.54, 1.807) is 37.5 Å². The summed E-state index contributed by atoms with van der Waals surface area (Å²) in [6.07, 6.45) is 2.88. The van der Waals surface area contributed by atoms with Gasteiger partial charge in [-0.05, 0) is 73.9 Å². The van der Waals surface area contributed by atoms with Gasteiger partial charge in [0.05, 0.1) is 16.6 Å². The molecule has 7 heteroatoms. The van der Waals surface area contributed by atoms with Crippen LogP contribution in [0.5, 0.6) is 0 Å². The van der Waals surface area contributed by atoms with Crippen LogP contribution in [0, 0.1) is 13.8 Å². The van der Waals surface area contributed by atoms with Crippen LogP contribution in [0.4, 0.5) is 5.69 Å². The largest absolute Gasteiger partial charge is 0.449 e. The number of esters is 1. The standard InChI is InChI=1S/C25H24N4O3/c1-4-22(24(30)27-19-9-7-15(2)16(3)12-19)32-25(31)17-8-10-20-21(13-17)29-23(28-20)18-6-5-11-26-14-18/h5-14,22H,4H2,1-3H3,(H,27,30)(H,28,29). The van der Waals surface area contributed by atoms with Gasteiger partial charge in [0, 0.05) is 23.6 Å². The first-order valence-corrected chi connectivity index (χ1v) is 10.4. The van der Waals surface area contributed by atoms with Crippen molar-refractivity contribution in [3.63, 3.8) is 0 Å². The molecule has 0 saturated carbocycles. The fraction of sp³-hybridized carbons (Fsp3) is 0.200. The van der Waals surface area contributed by atoms with E-state index in [0.29, 0.717) is 29.0 Å². The zero-order chi connectivity index (χ0) is 22.7. The summed E-state index contributed by atoms with van der Waals surface area (Å²) in [6.45, 7) is 5.79. The molecule has 0 spiro atoms. The second kappa shape index (κ2) is 9.01. The monoisotopic (exact) mass is 428 g/mol. The smallest absolute Gasteiger partial charge is 0.338 e. The van der Waals surface area contributed by atoms with Gasteiger partial charge in [-0.1, -0.05) is 13.0 Å². The van der Waals surface area contributed by atoms with Gasteiger partial charge in [-0.3, -0.25) is 9.78 Å². The number of nitrogens with zero attached hydrogens (tertiary/aromatic N) is 2. The third-order valence-electron chi connectivity index (χ3n) is 5.34. The Bertz CT molecular complexity index is 1280. The molecule has 0 aliphatic heterocycles. The summed E-state index contributed by atoms with van der Waals surface area (Å²) in [5.74, 6) is -0.255. The van der Waals surface area contributed by atoms with Crippen molar-refractivity contribution < 1.29 is 14.3 Å². The van der Waals surface area contributed by atoms with Gasteiger partial charge < -0.3 is 15.0 Å². The predicted octanol–water partition coefficient (Wildman–Crippen LogP) is 4.82. The first-order valence-electron chi connectivity index (χ1n) is 10.4. The molecule has 1 amide bonds. The highest BCUT2D eigenvalue weighted by Crippen LogP contribution is 2.21. The molecular formula is C25H24N4O3. The van der Waals surface area contributed by atoms with Crippen LogP contribution < -0.4 is 5.32 Å². The van der Waals surface area contributed by atoms with Gasteiger partial charge in [-0.15, -0.1) is 0 Å². The van der Waals surface area contributed by atoms with Crippen LogP contribution in [0.2, 0.25) is 0 Å². The average Bonchev–Trinajstić information content (AvgIpc) is 3.23. The fourth-order valence-corrected chi connectivity index (χ4v) is 3.34. The molecule has 0 saturated heterocycles. The van der Waals surface area contributed by atoms with Crippen molar-refractivity contribution in [2.75, 3.05) is 5.32 Å². The molecule has 0 fully saturated rings. The van der Waals surface area contributed by atoms with E-state index in [2.05, 4.69) is 20.3 Å². The van der Waals surface area contributed by atoms with Crippen LogP contribution in [-0.4, -0.2) is 32.9 Å². The molecule has 2 heterocycles. The number of aryl methyl sites for hydroxylation is 2. The van der Waals surface area contributed by atoms with Gasteiger partial charge in [0.15, 0.2) is 6.10 Å². The van der Waals surface area contributed by atoms with Crippen molar-refractivity contribution in [1.82, 2.24) is 15.0 Å². The number of anilines is 1. The Morgan fingerprint density at radius 1 is 1.09 bits per heavy atom. The molecule has 7 nitrogen and oxygen atoms in total. The van der Waals surface area contributed by atoms with Gasteiger partial charge in [0.25, 0.3) is 5.91 Å². The fourth-order valence-electron chi connectivity index (χ4n) is 3.34. The SMILES string of the molecule is CCC(OC(=O)c1ccc2nc(-c3cccnc3)[nH]c2c1)C(=O)Nc1ccc(C)c(C)c1. The number of H-pyrrole nitrogens is 1. The van der Waals surface area contributed by atoms with Crippen LogP contribution in [0.3, 0.4) is 0 Å². The van der Waals surface area contributed by atoms with E-state index in [1.165, 1.54) is 0 Å². The van der Waals surface area contributed by atoms with E-state index in [-0.39, 0.29) is 5.91 Å². The molecule has 2 aromatic heterocycles. The molecule has 0 aliphatic carbocycles. The van der Waals surface area contributed by atoms with Crippen molar-refractivity contribution in [1.29, 1.82) is 0 Å². The predicted molar refractivity (Wildman–Crippen MR) is 123 cm³/mol. The maximum Gasteiger partial charge on any atom is 0.338 e. The van der Waals surface area contributed by atoms with E-state index >= 15 is 0 Å². The average molecular weight is 428 g/mol. The highest BCUT2D eigenvalue weighted by molar-refractivity contribution is 5.99. The Hall–Kier alpha value is -4.00. The molecule has 0 aliphatic rings. The van der Waals surface area contributed by atoms with Crippen LogP contribution in [0.15, 0.2) is 60.9 Å². The molecule has 2 N–H and O–H groups in total. The summed E-state index contributed by atoms with van der Waals surface area (Å²) in [4.78, 5) is 37.3. The van der Waals surface area contributed by atoms with Crippen LogP contribution in [-0.2, 0) is 9.53 Å². The van der Waals surface area contributed by atoms with Crippen molar-refractivity contribution in [2.45, 2.75) is 33.3 Å². The first-order chi connectivity index (χ1) is 15.4. The van der Waals surface area contributed by atoms with E-state index in [1.807, 2.05) is 44.2 Å². The highest BCUT2D eigenvalue weighted by Gasteiger charge is 2.22. The molecule has 4 aromatic rings. The second-order valence-electron chi connectivity index (χ2n) is 7.65. The molecule has 1 unspecified atom stereocenters. The molecular weight excluding hydrogens is 404 g/mol. The van der Waals surface area contributed by atoms with E-state index in [0.717, 1.165) is 22.2 Å². The number of aromatic nitrogens is 3. The number of fused-ring (bicyclic) bond motifs is 1. The van der Waals surface area contributed by atoms with Crippen molar-refractivity contribution in [3.8, 4) is 11.4 Å². The lowest BCUT2D eigenvalue weighted by atomic mass is 10.1. The number of hydrogen-bond acceptors (Lipinski definition) is 5. The molecule has 4 rings (SSSR count). The summed E-state index contributed by atoms with van der Waals surface area (Å²) >= 11 is 0. The number of carbonyl (C=O) groups excluding carboxylic acids is 2. The normalized spacial score (nSPS) is 11.8. The number of carbonyl (C=O) groups is 2. The summed E-state index contributed by atoms with van der Waals surface area (Å²) in [7, 11) is 0. The third-order valence-corrected chi connectivity index (χ3v) is 5.34. The molecule has 32 heavy (non-hydrogen) atoms. The van der Waals surface area contributed by atoms with Crippen LogP contribution in [0.1, 0.15) is 34.8 Å². The minimum Gasteiger partial charge on any atom is -0.449 e. The number of benzene rings is 2. The number of pyridine rings is 1. The quantitative estimate of drug-likeness (QED) is 0.429. The lowest BCUT2D eigenvalue weighted by molar-refractivity contribution is -0.124. The van der Waals surface area contributed by atoms with Gasteiger partial charge in [-0.25, -0.2) is 9.78 Å². The summed E-state index contributed by atoms with van der Waals surface area (Å²) in [5.41, 5.74) is 5.51. The maximum atomic E-state index is 12.7. The Balaban J connectivity index is 1.48. The number of rotatable bonds is 6. The molecule has 0 bridgehead atoms. The number of nitrogens with one attached hydrogen (secondary N) is 2. The molecule has 0 radical (unpaired) electrons. The van der Waals surface area contributed by atoms with E-state index in [9.17, 15) is 9.59 Å². The maximum absolute atomic E-state index is 12.7. The van der Waals surface area contributed by atoms with Crippen molar-refractivity contribution in [2.24, 2.45) is 0 Å². The molecule has 162 valence electrons. The van der Waals surface area contributed by atoms with Crippen molar-refractivity contribution in [3.05, 3.63) is 77.6 Å². The molecule has 2 aromatic carbocycles. The summed E-state index contributed by atoms with van der Waals surface area (Å²) in [5, 5.41) is 2.83. The lowest BCUT2D eigenvalue weighted by Crippen LogP contribution is -2.32. The summed E-state index contributed by atoms with van der Waals surface area (Å²) in [6, 6.07) is 14.5. The Morgan fingerprint density at radius 2 is 1.94 bits per heavy atom. The first kappa shape index (κ1) is 21.2.